The highest BCUT2D eigenvalue weighted by Gasteiger charge is 2.35. The Balaban J connectivity index is 1.70. The predicted octanol–water partition coefficient (Wildman–Crippen LogP) is 4.07. The van der Waals surface area contributed by atoms with E-state index in [4.69, 9.17) is 4.42 Å². The average molecular weight is 380 g/mol. The van der Waals surface area contributed by atoms with Gasteiger partial charge in [0.05, 0.1) is 5.69 Å². The van der Waals surface area contributed by atoms with Crippen molar-refractivity contribution in [2.75, 3.05) is 5.32 Å². The van der Waals surface area contributed by atoms with Crippen LogP contribution < -0.4 is 5.32 Å². The summed E-state index contributed by atoms with van der Waals surface area (Å²) in [5.74, 6) is -2.53. The maximum atomic E-state index is 14.4. The molecule has 8 heteroatoms. The molecule has 0 bridgehead atoms. The molecule has 0 radical (unpaired) electrons. The van der Waals surface area contributed by atoms with Crippen molar-refractivity contribution in [3.05, 3.63) is 70.9 Å². The van der Waals surface area contributed by atoms with Gasteiger partial charge in [0.25, 0.3) is 0 Å². The molecule has 1 aliphatic rings. The normalized spacial score (nSPS) is 16.2. The maximum Gasteiger partial charge on any atom is 0.325 e. The van der Waals surface area contributed by atoms with Crippen LogP contribution in [0.2, 0.25) is 0 Å². The summed E-state index contributed by atoms with van der Waals surface area (Å²) in [5, 5.41) is 7.22. The second-order valence-corrected chi connectivity index (χ2v) is 6.67. The van der Waals surface area contributed by atoms with Crippen molar-refractivity contribution < 1.29 is 18.0 Å². The molecule has 28 heavy (non-hydrogen) atoms. The first-order valence-electron chi connectivity index (χ1n) is 8.72. The Labute approximate surface area is 157 Å². The summed E-state index contributed by atoms with van der Waals surface area (Å²) >= 11 is 0. The smallest absolute Gasteiger partial charge is 0.325 e. The molecule has 0 saturated carbocycles. The Morgan fingerprint density at radius 1 is 1.18 bits per heavy atom. The van der Waals surface area contributed by atoms with Gasteiger partial charge < -0.3 is 9.73 Å². The van der Waals surface area contributed by atoms with Crippen molar-refractivity contribution in [3.63, 3.8) is 0 Å². The minimum Gasteiger partial charge on any atom is -0.422 e. The number of benzene rings is 2. The van der Waals surface area contributed by atoms with Crippen LogP contribution in [0.15, 0.2) is 46.9 Å². The van der Waals surface area contributed by atoms with E-state index in [0.717, 1.165) is 6.07 Å². The quantitative estimate of drug-likeness (QED) is 0.569. The zero-order valence-electron chi connectivity index (χ0n) is 14.7. The molecule has 6 nitrogen and oxygen atoms in total. The van der Waals surface area contributed by atoms with E-state index in [1.165, 1.54) is 16.8 Å². The van der Waals surface area contributed by atoms with E-state index in [0.29, 0.717) is 28.2 Å². The average Bonchev–Trinajstić information content (AvgIpc) is 3.24. The fourth-order valence-electron chi connectivity index (χ4n) is 3.69. The molecule has 1 atom stereocenters. The van der Waals surface area contributed by atoms with Crippen molar-refractivity contribution in [3.8, 4) is 6.01 Å². The van der Waals surface area contributed by atoms with Crippen molar-refractivity contribution >= 4 is 22.8 Å². The highest BCUT2D eigenvalue weighted by Crippen LogP contribution is 2.41. The topological polar surface area (TPSA) is 73.0 Å². The summed E-state index contributed by atoms with van der Waals surface area (Å²) in [6.45, 7) is 1.75. The number of anilines is 1. The van der Waals surface area contributed by atoms with E-state index in [-0.39, 0.29) is 23.9 Å². The van der Waals surface area contributed by atoms with Gasteiger partial charge in [0.2, 0.25) is 5.91 Å². The van der Waals surface area contributed by atoms with Crippen LogP contribution in [0.1, 0.15) is 29.2 Å². The van der Waals surface area contributed by atoms with Crippen molar-refractivity contribution in [1.82, 2.24) is 14.8 Å². The minimum absolute atomic E-state index is 0.00648. The highest BCUT2D eigenvalue weighted by atomic mass is 19.2. The lowest BCUT2D eigenvalue weighted by atomic mass is 9.85. The fraction of sp³-hybridized carbons (Fsp3) is 0.150. The van der Waals surface area contributed by atoms with Gasteiger partial charge >= 0.3 is 6.01 Å². The monoisotopic (exact) mass is 380 g/mol. The molecule has 1 amide bonds. The summed E-state index contributed by atoms with van der Waals surface area (Å²) in [5.41, 5.74) is 2.54. The van der Waals surface area contributed by atoms with Crippen LogP contribution in [0, 0.1) is 18.6 Å². The Bertz CT molecular complexity index is 1210. The Hall–Kier alpha value is -3.55. The number of nitrogens with one attached hydrogen (secondary N) is 1. The molecular formula is C20H14F2N4O2. The molecule has 4 aromatic rings. The number of carbonyl (C=O) groups excluding carboxylic acids is 1. The van der Waals surface area contributed by atoms with E-state index in [1.807, 2.05) is 12.1 Å². The van der Waals surface area contributed by atoms with Gasteiger partial charge in [0, 0.05) is 17.9 Å². The summed E-state index contributed by atoms with van der Waals surface area (Å²) < 4.78 is 35.4. The molecule has 140 valence electrons. The summed E-state index contributed by atoms with van der Waals surface area (Å²) in [7, 11) is 0. The standard InChI is InChI=1S/C20H14F2N4O2/c1-10-17-12(11-5-4-6-13(21)18(11)22)9-16(27)24-19(17)26(25-10)20-23-14-7-2-3-8-15(14)28-20/h2-8,12H,9H2,1H3,(H,24,27)/t12-/m0/s1. The number of aryl methyl sites for hydroxylation is 1. The lowest BCUT2D eigenvalue weighted by Gasteiger charge is -2.24. The number of aromatic nitrogens is 3. The highest BCUT2D eigenvalue weighted by molar-refractivity contribution is 5.95. The number of oxazole rings is 1. The van der Waals surface area contributed by atoms with Crippen LogP contribution in [0.5, 0.6) is 0 Å². The van der Waals surface area contributed by atoms with Crippen LogP contribution in [0.25, 0.3) is 17.1 Å². The number of nitrogens with zero attached hydrogens (tertiary/aromatic N) is 3. The Morgan fingerprint density at radius 2 is 2.00 bits per heavy atom. The SMILES string of the molecule is Cc1nn(-c2nc3ccccc3o2)c2c1[C@H](c1cccc(F)c1F)CC(=O)N2. The van der Waals surface area contributed by atoms with E-state index < -0.39 is 17.6 Å². The summed E-state index contributed by atoms with van der Waals surface area (Å²) in [6.07, 6.45) is -0.00648. The fourth-order valence-corrected chi connectivity index (χ4v) is 3.69. The third kappa shape index (κ3) is 2.41. The molecule has 1 aliphatic heterocycles. The van der Waals surface area contributed by atoms with Crippen LogP contribution in [0.4, 0.5) is 14.6 Å². The van der Waals surface area contributed by atoms with Gasteiger partial charge in [0.1, 0.15) is 11.3 Å². The molecule has 2 aromatic carbocycles. The molecule has 0 unspecified atom stereocenters. The van der Waals surface area contributed by atoms with Gasteiger partial charge in [-0.1, -0.05) is 24.3 Å². The minimum atomic E-state index is -0.956. The molecule has 1 N–H and O–H groups in total. The number of fused-ring (bicyclic) bond motifs is 2. The Kier molecular flexibility index (Phi) is 3.55. The Morgan fingerprint density at radius 3 is 2.82 bits per heavy atom. The number of rotatable bonds is 2. The number of hydrogen-bond acceptors (Lipinski definition) is 4. The van der Waals surface area contributed by atoms with E-state index in [1.54, 1.807) is 19.1 Å². The van der Waals surface area contributed by atoms with Gasteiger partial charge in [0.15, 0.2) is 17.2 Å². The van der Waals surface area contributed by atoms with Crippen molar-refractivity contribution in [2.45, 2.75) is 19.3 Å². The second-order valence-electron chi connectivity index (χ2n) is 6.67. The third-order valence-electron chi connectivity index (χ3n) is 4.92. The van der Waals surface area contributed by atoms with Crippen molar-refractivity contribution in [1.29, 1.82) is 0 Å². The van der Waals surface area contributed by atoms with E-state index >= 15 is 0 Å². The molecule has 0 aliphatic carbocycles. The van der Waals surface area contributed by atoms with E-state index in [9.17, 15) is 13.6 Å². The van der Waals surface area contributed by atoms with Crippen LogP contribution in [0.3, 0.4) is 0 Å². The maximum absolute atomic E-state index is 14.4. The first-order valence-corrected chi connectivity index (χ1v) is 8.72. The molecule has 5 rings (SSSR count). The van der Waals surface area contributed by atoms with Gasteiger partial charge in [-0.15, -0.1) is 0 Å². The second kappa shape index (κ2) is 5.98. The third-order valence-corrected chi connectivity index (χ3v) is 4.92. The lowest BCUT2D eigenvalue weighted by molar-refractivity contribution is -0.116. The van der Waals surface area contributed by atoms with Crippen LogP contribution >= 0.6 is 0 Å². The molecule has 2 aromatic heterocycles. The summed E-state index contributed by atoms with van der Waals surface area (Å²) in [6, 6.07) is 11.4. The predicted molar refractivity (Wildman–Crippen MR) is 97.3 cm³/mol. The largest absolute Gasteiger partial charge is 0.422 e. The zero-order chi connectivity index (χ0) is 19.4. The molecule has 3 heterocycles. The first-order chi connectivity index (χ1) is 13.5. The number of hydrogen-bond donors (Lipinski definition) is 1. The number of halogens is 2. The van der Waals surface area contributed by atoms with Gasteiger partial charge in [-0.2, -0.15) is 14.8 Å². The molecular weight excluding hydrogens is 366 g/mol. The van der Waals surface area contributed by atoms with Crippen LogP contribution in [-0.4, -0.2) is 20.7 Å². The van der Waals surface area contributed by atoms with Gasteiger partial charge in [-0.3, -0.25) is 4.79 Å². The first kappa shape index (κ1) is 16.6. The van der Waals surface area contributed by atoms with Gasteiger partial charge in [-0.25, -0.2) is 8.78 Å². The lowest BCUT2D eigenvalue weighted by Crippen LogP contribution is -2.25. The molecule has 0 saturated heterocycles. The van der Waals surface area contributed by atoms with Crippen molar-refractivity contribution in [2.24, 2.45) is 0 Å². The number of carbonyl (C=O) groups is 1. The number of amides is 1. The number of para-hydroxylation sites is 2. The van der Waals surface area contributed by atoms with Gasteiger partial charge in [-0.05, 0) is 30.7 Å². The molecule has 0 spiro atoms. The van der Waals surface area contributed by atoms with Crippen LogP contribution in [-0.2, 0) is 4.79 Å². The van der Waals surface area contributed by atoms with E-state index in [2.05, 4.69) is 15.4 Å². The summed E-state index contributed by atoms with van der Waals surface area (Å²) in [4.78, 5) is 16.8. The zero-order valence-corrected chi connectivity index (χ0v) is 14.7. The molecule has 0 fully saturated rings.